The van der Waals surface area contributed by atoms with Crippen molar-refractivity contribution in [2.75, 3.05) is 4.31 Å². The van der Waals surface area contributed by atoms with E-state index in [4.69, 9.17) is 16.9 Å². The first kappa shape index (κ1) is 24.2. The van der Waals surface area contributed by atoms with E-state index in [1.807, 2.05) is 36.5 Å². The van der Waals surface area contributed by atoms with Crippen LogP contribution < -0.4 is 4.31 Å². The summed E-state index contributed by atoms with van der Waals surface area (Å²) < 4.78 is 2.32. The van der Waals surface area contributed by atoms with Crippen molar-refractivity contribution in [3.05, 3.63) is 65.5 Å². The zero-order valence-electron chi connectivity index (χ0n) is 18.1. The fraction of sp³-hybridized carbons (Fsp3) is 0.375. The normalized spacial score (nSPS) is 14.8. The number of anilines is 1. The summed E-state index contributed by atoms with van der Waals surface area (Å²) in [6.07, 6.45) is 8.92. The van der Waals surface area contributed by atoms with E-state index in [2.05, 4.69) is 47.6 Å². The van der Waals surface area contributed by atoms with Gasteiger partial charge in [-0.2, -0.15) is 0 Å². The second-order valence-corrected chi connectivity index (χ2v) is 9.86. The molecular formula is C24H31BClN3S. The van der Waals surface area contributed by atoms with Crippen LogP contribution in [-0.4, -0.2) is 22.8 Å². The Balaban J connectivity index is 0.00000101. The smallest absolute Gasteiger partial charge is 0.267 e. The first-order chi connectivity index (χ1) is 14.5. The Labute approximate surface area is 189 Å². The monoisotopic (exact) mass is 439 g/mol. The fourth-order valence-electron chi connectivity index (χ4n) is 3.38. The number of nitrogens with zero attached hydrogens (tertiary/aromatic N) is 3. The summed E-state index contributed by atoms with van der Waals surface area (Å²) in [5.74, 6) is 6.95. The van der Waals surface area contributed by atoms with Gasteiger partial charge in [0.05, 0.1) is 12.2 Å². The highest BCUT2D eigenvalue weighted by molar-refractivity contribution is 8.15. The van der Waals surface area contributed by atoms with Gasteiger partial charge in [0.15, 0.2) is 0 Å². The minimum absolute atomic E-state index is 0.200. The number of halogens is 1. The molecule has 1 aliphatic rings. The molecule has 0 N–H and O–H groups in total. The van der Waals surface area contributed by atoms with Crippen LogP contribution in [0.15, 0.2) is 49.2 Å². The minimum atomic E-state index is -0.223. The molecule has 0 bridgehead atoms. The molecule has 1 fully saturated rings. The number of nitriles is 1. The van der Waals surface area contributed by atoms with Crippen LogP contribution in [-0.2, 0) is 6.54 Å². The topological polar surface area (TPSA) is 39.9 Å². The van der Waals surface area contributed by atoms with E-state index in [9.17, 15) is 0 Å². The first-order valence-electron chi connectivity index (χ1n) is 10.5. The number of aromatic nitrogens is 1. The molecule has 30 heavy (non-hydrogen) atoms. The summed E-state index contributed by atoms with van der Waals surface area (Å²) in [5.41, 5.74) is 3.07. The third-order valence-electron chi connectivity index (χ3n) is 5.01. The first-order valence-corrected chi connectivity index (χ1v) is 12.3. The Morgan fingerprint density at radius 3 is 2.53 bits per heavy atom. The van der Waals surface area contributed by atoms with Crippen LogP contribution in [0.25, 0.3) is 6.08 Å². The molecule has 2 heterocycles. The van der Waals surface area contributed by atoms with Gasteiger partial charge in [-0.1, -0.05) is 85.8 Å². The maximum absolute atomic E-state index is 9.17. The number of benzene rings is 1. The average molecular weight is 440 g/mol. The lowest BCUT2D eigenvalue weighted by Crippen LogP contribution is -2.28. The molecule has 158 valence electrons. The lowest BCUT2D eigenvalue weighted by Gasteiger charge is -2.35. The number of hydrogen-bond acceptors (Lipinski definition) is 3. The Bertz CT molecular complexity index is 871. The Morgan fingerprint density at radius 1 is 1.30 bits per heavy atom. The summed E-state index contributed by atoms with van der Waals surface area (Å²) in [6.45, 7) is 8.92. The van der Waals surface area contributed by atoms with Crippen molar-refractivity contribution in [3.8, 4) is 5.97 Å². The molecule has 1 aromatic carbocycles. The Hall–Kier alpha value is -2.03. The van der Waals surface area contributed by atoms with Crippen molar-refractivity contribution >= 4 is 46.6 Å². The highest BCUT2D eigenvalue weighted by atomic mass is 35.5. The van der Waals surface area contributed by atoms with Crippen LogP contribution in [0, 0.1) is 11.2 Å². The fourth-order valence-corrected chi connectivity index (χ4v) is 5.43. The second-order valence-electron chi connectivity index (χ2n) is 7.51. The Kier molecular flexibility index (Phi) is 10.2. The van der Waals surface area contributed by atoms with Crippen molar-refractivity contribution < 1.29 is 0 Å². The number of hydrogen-bond donors (Lipinski definition) is 0. The molecule has 1 saturated heterocycles. The molecule has 0 saturated carbocycles. The van der Waals surface area contributed by atoms with Crippen LogP contribution in [0.5, 0.6) is 0 Å². The van der Waals surface area contributed by atoms with Gasteiger partial charge in [0.25, 0.3) is 6.71 Å². The second kappa shape index (κ2) is 12.6. The van der Waals surface area contributed by atoms with Gasteiger partial charge in [-0.25, -0.2) is 5.26 Å². The summed E-state index contributed by atoms with van der Waals surface area (Å²) in [5, 5.41) is 10.4. The molecular weight excluding hydrogens is 409 g/mol. The van der Waals surface area contributed by atoms with Gasteiger partial charge in [0.2, 0.25) is 0 Å². The number of pyridine rings is 1. The highest BCUT2D eigenvalue weighted by Gasteiger charge is 2.28. The van der Waals surface area contributed by atoms with Crippen LogP contribution in [0.4, 0.5) is 5.69 Å². The molecule has 0 aliphatic carbocycles. The van der Waals surface area contributed by atoms with E-state index in [0.29, 0.717) is 11.8 Å². The van der Waals surface area contributed by atoms with Gasteiger partial charge in [0.1, 0.15) is 0 Å². The van der Waals surface area contributed by atoms with E-state index < -0.39 is 0 Å². The van der Waals surface area contributed by atoms with E-state index in [-0.39, 0.29) is 17.4 Å². The number of rotatable bonds is 6. The maximum Gasteiger partial charge on any atom is 0.267 e. The molecule has 3 rings (SSSR count). The molecule has 0 radical (unpaired) electrons. The van der Waals surface area contributed by atoms with Crippen molar-refractivity contribution in [2.45, 2.75) is 57.5 Å². The average Bonchev–Trinajstić information content (AvgIpc) is 2.78. The zero-order chi connectivity index (χ0) is 21.9. The third-order valence-corrected chi connectivity index (χ3v) is 7.39. The van der Waals surface area contributed by atoms with Gasteiger partial charge < -0.3 is 4.31 Å². The van der Waals surface area contributed by atoms with Crippen molar-refractivity contribution in [2.24, 2.45) is 0 Å². The lowest BCUT2D eigenvalue weighted by atomic mass is 9.43. The summed E-state index contributed by atoms with van der Waals surface area (Å²) in [7, 11) is -0.223. The molecule has 3 nitrogen and oxygen atoms in total. The Morgan fingerprint density at radius 2 is 2.00 bits per heavy atom. The summed E-state index contributed by atoms with van der Waals surface area (Å²) in [6, 6.07) is 12.0. The standard InChI is InChI=1S/C21H23BClN3S.C3H8/c1-3-17-7-8-19(25-14-17)15-26(20-6-4-5-18(23)13-20)27(2)21-9-11-22(16-24)12-10-21;1-3-2/h3-8,13-14,21H,1-2,9-12,15H2;3H2,1-2H3. The SMILES string of the molecule is C=Cc1ccc(CN(c2cccc(Cl)c2)S(=C)C2CCB(C#N)CC2)nc1.CCC. The molecule has 1 atom stereocenters. The maximum atomic E-state index is 9.17. The lowest BCUT2D eigenvalue weighted by molar-refractivity contribution is 0.743. The van der Waals surface area contributed by atoms with Gasteiger partial charge in [-0.3, -0.25) is 4.98 Å². The molecule has 1 aromatic heterocycles. The quantitative estimate of drug-likeness (QED) is 0.355. The van der Waals surface area contributed by atoms with Gasteiger partial charge >= 0.3 is 0 Å². The van der Waals surface area contributed by atoms with E-state index in [0.717, 1.165) is 47.4 Å². The van der Waals surface area contributed by atoms with E-state index in [1.165, 1.54) is 6.42 Å². The summed E-state index contributed by atoms with van der Waals surface area (Å²) in [4.78, 5) is 4.58. The molecule has 1 aliphatic heterocycles. The molecule has 0 amide bonds. The van der Waals surface area contributed by atoms with Crippen LogP contribution in [0.2, 0.25) is 17.7 Å². The van der Waals surface area contributed by atoms with Crippen molar-refractivity contribution in [1.82, 2.24) is 4.98 Å². The molecule has 0 spiro atoms. The third kappa shape index (κ3) is 7.04. The largest absolute Gasteiger partial charge is 0.316 e. The van der Waals surface area contributed by atoms with Crippen LogP contribution in [0.1, 0.15) is 44.4 Å². The highest BCUT2D eigenvalue weighted by Crippen LogP contribution is 2.39. The summed E-state index contributed by atoms with van der Waals surface area (Å²) >= 11 is 6.25. The predicted molar refractivity (Wildman–Crippen MR) is 137 cm³/mol. The van der Waals surface area contributed by atoms with Crippen molar-refractivity contribution in [1.29, 1.82) is 5.26 Å². The molecule has 2 aromatic rings. The van der Waals surface area contributed by atoms with Crippen LogP contribution >= 0.6 is 22.3 Å². The predicted octanol–water partition coefficient (Wildman–Crippen LogP) is 7.14. The van der Waals surface area contributed by atoms with Gasteiger partial charge in [-0.15, -0.1) is 0 Å². The van der Waals surface area contributed by atoms with Gasteiger partial charge in [-0.05, 0) is 42.7 Å². The molecule has 6 heteroatoms. The minimum Gasteiger partial charge on any atom is -0.316 e. The van der Waals surface area contributed by atoms with Gasteiger partial charge in [0, 0.05) is 28.1 Å². The van der Waals surface area contributed by atoms with E-state index in [1.54, 1.807) is 6.08 Å². The zero-order valence-corrected chi connectivity index (χ0v) is 19.6. The van der Waals surface area contributed by atoms with Crippen molar-refractivity contribution in [3.63, 3.8) is 0 Å². The van der Waals surface area contributed by atoms with E-state index >= 15 is 0 Å². The van der Waals surface area contributed by atoms with Crippen LogP contribution in [0.3, 0.4) is 0 Å². The molecule has 1 unspecified atom stereocenters.